The van der Waals surface area contributed by atoms with Gasteiger partial charge in [0.15, 0.2) is 0 Å². The zero-order chi connectivity index (χ0) is 15.7. The summed E-state index contributed by atoms with van der Waals surface area (Å²) in [7, 11) is 0. The van der Waals surface area contributed by atoms with Crippen molar-refractivity contribution in [2.75, 3.05) is 23.3 Å². The maximum atomic E-state index is 4.72. The molecule has 22 heavy (non-hydrogen) atoms. The number of H-pyrrole nitrogens is 1. The monoisotopic (exact) mass is 298 g/mol. The molecule has 0 unspecified atom stereocenters. The van der Waals surface area contributed by atoms with Crippen molar-refractivity contribution in [2.45, 2.75) is 33.7 Å². The Balaban J connectivity index is 2.12. The van der Waals surface area contributed by atoms with E-state index in [4.69, 9.17) is 4.98 Å². The summed E-state index contributed by atoms with van der Waals surface area (Å²) in [5, 5.41) is 10.3. The van der Waals surface area contributed by atoms with E-state index in [1.54, 1.807) is 6.20 Å². The van der Waals surface area contributed by atoms with Gasteiger partial charge in [0.2, 0.25) is 5.95 Å². The fraction of sp³-hybridized carbons (Fsp3) is 0.438. The third-order valence-corrected chi connectivity index (χ3v) is 3.85. The number of nitrogens with one attached hydrogen (secondary N) is 2. The minimum Gasteiger partial charge on any atom is -0.354 e. The van der Waals surface area contributed by atoms with Gasteiger partial charge >= 0.3 is 0 Å². The van der Waals surface area contributed by atoms with Crippen molar-refractivity contribution in [1.29, 1.82) is 0 Å². The lowest BCUT2D eigenvalue weighted by Crippen LogP contribution is -2.36. The van der Waals surface area contributed by atoms with Gasteiger partial charge in [-0.15, -0.1) is 0 Å². The minimum atomic E-state index is 0.356. The van der Waals surface area contributed by atoms with Crippen LogP contribution in [0.3, 0.4) is 0 Å². The van der Waals surface area contributed by atoms with Gasteiger partial charge in [0.05, 0.1) is 11.4 Å². The van der Waals surface area contributed by atoms with E-state index < -0.39 is 0 Å². The van der Waals surface area contributed by atoms with Gasteiger partial charge < -0.3 is 10.2 Å². The maximum absolute atomic E-state index is 4.72. The third-order valence-electron chi connectivity index (χ3n) is 3.85. The molecule has 3 rings (SSSR count). The van der Waals surface area contributed by atoms with E-state index in [9.17, 15) is 0 Å². The zero-order valence-electron chi connectivity index (χ0n) is 13.5. The van der Waals surface area contributed by atoms with Crippen molar-refractivity contribution in [3.63, 3.8) is 0 Å². The van der Waals surface area contributed by atoms with Gasteiger partial charge in [-0.25, -0.2) is 4.98 Å². The number of fused-ring (bicyclic) bond motifs is 1. The molecule has 0 aliphatic carbocycles. The van der Waals surface area contributed by atoms with Crippen LogP contribution in [0, 0.1) is 6.92 Å². The first-order valence-electron chi connectivity index (χ1n) is 7.69. The standard InChI is InChI=1S/C16H22N6/c1-5-17-16-19-11(4)13-8-12(14-6-7-18-21-14)9-22(10(2)3)15(13)20-16/h6-8,10H,5,9H2,1-4H3,(H,18,21)(H,17,19,20). The van der Waals surface area contributed by atoms with Crippen LogP contribution in [-0.2, 0) is 0 Å². The molecule has 0 aromatic carbocycles. The molecule has 1 aliphatic heterocycles. The Hall–Kier alpha value is -2.37. The molecule has 6 nitrogen and oxygen atoms in total. The van der Waals surface area contributed by atoms with E-state index in [2.05, 4.69) is 52.2 Å². The molecule has 0 saturated carbocycles. The molecule has 0 fully saturated rings. The summed E-state index contributed by atoms with van der Waals surface area (Å²) in [5.74, 6) is 1.70. The Bertz CT molecular complexity index is 687. The molecule has 0 bridgehead atoms. The first-order valence-corrected chi connectivity index (χ1v) is 7.69. The third kappa shape index (κ3) is 2.56. The summed E-state index contributed by atoms with van der Waals surface area (Å²) in [4.78, 5) is 11.6. The first-order chi connectivity index (χ1) is 10.6. The largest absolute Gasteiger partial charge is 0.354 e. The van der Waals surface area contributed by atoms with Crippen molar-refractivity contribution in [2.24, 2.45) is 0 Å². The molecule has 3 heterocycles. The Labute approximate surface area is 130 Å². The SMILES string of the molecule is CCNc1nc(C)c2c(n1)N(C(C)C)CC(c1ccn[nH]1)=C2. The maximum Gasteiger partial charge on any atom is 0.224 e. The summed E-state index contributed by atoms with van der Waals surface area (Å²) in [6.07, 6.45) is 3.95. The molecule has 0 spiro atoms. The van der Waals surface area contributed by atoms with Crippen LogP contribution in [0.2, 0.25) is 0 Å². The van der Waals surface area contributed by atoms with Gasteiger partial charge in [-0.1, -0.05) is 0 Å². The summed E-state index contributed by atoms with van der Waals surface area (Å²) in [6.45, 7) is 10.1. The predicted molar refractivity (Wildman–Crippen MR) is 89.9 cm³/mol. The first kappa shape index (κ1) is 14.6. The highest BCUT2D eigenvalue weighted by Gasteiger charge is 2.25. The Morgan fingerprint density at radius 2 is 2.18 bits per heavy atom. The van der Waals surface area contributed by atoms with Gasteiger partial charge in [-0.2, -0.15) is 10.1 Å². The number of nitrogens with zero attached hydrogens (tertiary/aromatic N) is 4. The lowest BCUT2D eigenvalue weighted by Gasteiger charge is -2.34. The number of aromatic nitrogens is 4. The van der Waals surface area contributed by atoms with Crippen LogP contribution >= 0.6 is 0 Å². The lowest BCUT2D eigenvalue weighted by molar-refractivity contribution is 0.709. The molecule has 0 radical (unpaired) electrons. The number of hydrogen-bond acceptors (Lipinski definition) is 5. The molecule has 0 amide bonds. The molecule has 2 N–H and O–H groups in total. The fourth-order valence-corrected chi connectivity index (χ4v) is 2.69. The van der Waals surface area contributed by atoms with Crippen LogP contribution in [0.15, 0.2) is 12.3 Å². The number of anilines is 2. The van der Waals surface area contributed by atoms with E-state index in [0.29, 0.717) is 12.0 Å². The second-order valence-corrected chi connectivity index (χ2v) is 5.76. The molecule has 0 saturated heterocycles. The molecular formula is C16H22N6. The second kappa shape index (κ2) is 5.79. The number of rotatable bonds is 4. The van der Waals surface area contributed by atoms with Crippen LogP contribution in [0.4, 0.5) is 11.8 Å². The average molecular weight is 298 g/mol. The lowest BCUT2D eigenvalue weighted by atomic mass is 10.0. The smallest absolute Gasteiger partial charge is 0.224 e. The molecule has 6 heteroatoms. The van der Waals surface area contributed by atoms with Crippen molar-refractivity contribution in [3.8, 4) is 0 Å². The van der Waals surface area contributed by atoms with Crippen molar-refractivity contribution in [3.05, 3.63) is 29.2 Å². The molecule has 0 atom stereocenters. The number of hydrogen-bond donors (Lipinski definition) is 2. The predicted octanol–water partition coefficient (Wildman–Crippen LogP) is 2.71. The van der Waals surface area contributed by atoms with Crippen LogP contribution in [0.1, 0.15) is 37.7 Å². The van der Waals surface area contributed by atoms with Crippen molar-refractivity contribution in [1.82, 2.24) is 20.2 Å². The van der Waals surface area contributed by atoms with Gasteiger partial charge in [-0.05, 0) is 45.4 Å². The Kier molecular flexibility index (Phi) is 3.83. The van der Waals surface area contributed by atoms with Gasteiger partial charge in [0.25, 0.3) is 0 Å². The van der Waals surface area contributed by atoms with E-state index >= 15 is 0 Å². The fourth-order valence-electron chi connectivity index (χ4n) is 2.69. The second-order valence-electron chi connectivity index (χ2n) is 5.76. The zero-order valence-corrected chi connectivity index (χ0v) is 13.5. The highest BCUT2D eigenvalue weighted by molar-refractivity contribution is 5.90. The number of aryl methyl sites for hydroxylation is 1. The van der Waals surface area contributed by atoms with E-state index in [1.807, 2.05) is 13.0 Å². The summed E-state index contributed by atoms with van der Waals surface area (Å²) >= 11 is 0. The molecule has 2 aromatic heterocycles. The van der Waals surface area contributed by atoms with E-state index in [-0.39, 0.29) is 0 Å². The van der Waals surface area contributed by atoms with Crippen LogP contribution in [0.25, 0.3) is 11.6 Å². The Morgan fingerprint density at radius 3 is 2.82 bits per heavy atom. The van der Waals surface area contributed by atoms with Gasteiger partial charge in [-0.3, -0.25) is 5.10 Å². The number of aromatic amines is 1. The Morgan fingerprint density at radius 1 is 1.36 bits per heavy atom. The molecule has 1 aliphatic rings. The van der Waals surface area contributed by atoms with E-state index in [0.717, 1.165) is 35.9 Å². The van der Waals surface area contributed by atoms with Crippen molar-refractivity contribution < 1.29 is 0 Å². The summed E-state index contributed by atoms with van der Waals surface area (Å²) in [6, 6.07) is 2.35. The molecule has 2 aromatic rings. The normalized spacial score (nSPS) is 14.0. The summed E-state index contributed by atoms with van der Waals surface area (Å²) in [5.41, 5.74) is 4.34. The van der Waals surface area contributed by atoms with Crippen LogP contribution < -0.4 is 10.2 Å². The highest BCUT2D eigenvalue weighted by Crippen LogP contribution is 2.34. The molecular weight excluding hydrogens is 276 g/mol. The van der Waals surface area contributed by atoms with Crippen LogP contribution in [-0.4, -0.2) is 39.3 Å². The minimum absolute atomic E-state index is 0.356. The summed E-state index contributed by atoms with van der Waals surface area (Å²) < 4.78 is 0. The quantitative estimate of drug-likeness (QED) is 0.908. The molecule has 116 valence electrons. The topological polar surface area (TPSA) is 69.7 Å². The van der Waals surface area contributed by atoms with Gasteiger partial charge in [0, 0.05) is 30.9 Å². The highest BCUT2D eigenvalue weighted by atomic mass is 15.3. The van der Waals surface area contributed by atoms with Crippen molar-refractivity contribution >= 4 is 23.4 Å². The van der Waals surface area contributed by atoms with Crippen LogP contribution in [0.5, 0.6) is 0 Å². The van der Waals surface area contributed by atoms with E-state index in [1.165, 1.54) is 5.57 Å². The average Bonchev–Trinajstić information content (AvgIpc) is 3.01. The van der Waals surface area contributed by atoms with Gasteiger partial charge in [0.1, 0.15) is 5.82 Å².